The van der Waals surface area contributed by atoms with E-state index in [9.17, 15) is 35.5 Å². The summed E-state index contributed by atoms with van der Waals surface area (Å²) in [6, 6.07) is 7.93. The Balaban J connectivity index is 0.000000676. The SMILES string of the molecule is CCCN1CC[C@]2(c3ccc(OC)c(OC)c3)CC[C@@H](NC(=O)Nc3ccc(F)c(C(F)(F)F)c3)C[C@H]12.O=C(O)C(F)(F)F. The van der Waals surface area contributed by atoms with Crippen molar-refractivity contribution in [2.75, 3.05) is 32.6 Å². The second-order valence-corrected chi connectivity index (χ2v) is 10.6. The molecule has 2 aromatic rings. The maximum absolute atomic E-state index is 13.6. The van der Waals surface area contributed by atoms with Gasteiger partial charge in [0.25, 0.3) is 0 Å². The second kappa shape index (κ2) is 13.9. The predicted molar refractivity (Wildman–Crippen MR) is 146 cm³/mol. The number of hydrogen-bond donors (Lipinski definition) is 3. The Bertz CT molecular complexity index is 1320. The molecular weight excluding hydrogens is 603 g/mol. The number of hydrogen-bond acceptors (Lipinski definition) is 5. The van der Waals surface area contributed by atoms with Gasteiger partial charge in [-0.05, 0) is 81.1 Å². The van der Waals surface area contributed by atoms with Crippen LogP contribution in [-0.4, -0.2) is 67.6 Å². The fourth-order valence-corrected chi connectivity index (χ4v) is 5.99. The van der Waals surface area contributed by atoms with Gasteiger partial charge in [-0.25, -0.2) is 14.0 Å². The van der Waals surface area contributed by atoms with Crippen molar-refractivity contribution in [2.24, 2.45) is 0 Å². The van der Waals surface area contributed by atoms with E-state index in [0.29, 0.717) is 30.1 Å². The van der Waals surface area contributed by atoms with Gasteiger partial charge in [0.05, 0.1) is 19.8 Å². The third-order valence-electron chi connectivity index (χ3n) is 7.95. The third kappa shape index (κ3) is 8.04. The number of anilines is 1. The molecule has 0 unspecified atom stereocenters. The minimum atomic E-state index is -5.08. The van der Waals surface area contributed by atoms with Crippen molar-refractivity contribution in [3.05, 3.63) is 53.3 Å². The van der Waals surface area contributed by atoms with Crippen LogP contribution in [0.1, 0.15) is 50.2 Å². The molecule has 244 valence electrons. The predicted octanol–water partition coefficient (Wildman–Crippen LogP) is 6.59. The van der Waals surface area contributed by atoms with E-state index in [0.717, 1.165) is 44.8 Å². The van der Waals surface area contributed by atoms with Crippen molar-refractivity contribution in [3.63, 3.8) is 0 Å². The highest BCUT2D eigenvalue weighted by Crippen LogP contribution is 2.50. The van der Waals surface area contributed by atoms with Gasteiger partial charge in [-0.2, -0.15) is 26.3 Å². The number of methoxy groups -OCH3 is 2. The standard InChI is InChI=1S/C27H33F4N3O3.C2HF3O2/c1-4-12-34-13-11-26(17-5-8-22(36-2)23(14-17)37-3)10-9-19(16-24(26)34)33-25(35)32-18-6-7-21(28)20(15-18)27(29,30)31;3-2(4,5)1(6)7/h5-8,14-15,19,24H,4,9-13,16H2,1-3H3,(H2,32,33,35);(H,6,7)/t19-,24+,26+;/m1./s1. The lowest BCUT2D eigenvalue weighted by Crippen LogP contribution is -2.53. The van der Waals surface area contributed by atoms with Crippen LogP contribution in [0.15, 0.2) is 36.4 Å². The van der Waals surface area contributed by atoms with E-state index >= 15 is 0 Å². The first-order chi connectivity index (χ1) is 20.5. The molecular formula is C29H34F7N3O5. The van der Waals surface area contributed by atoms with Crippen molar-refractivity contribution < 1.29 is 54.9 Å². The lowest BCUT2D eigenvalue weighted by molar-refractivity contribution is -0.192. The van der Waals surface area contributed by atoms with E-state index in [4.69, 9.17) is 19.4 Å². The van der Waals surface area contributed by atoms with Gasteiger partial charge in [0, 0.05) is 23.2 Å². The van der Waals surface area contributed by atoms with Gasteiger partial charge in [0.2, 0.25) is 0 Å². The monoisotopic (exact) mass is 637 g/mol. The van der Waals surface area contributed by atoms with Crippen LogP contribution in [0.2, 0.25) is 0 Å². The molecule has 4 rings (SSSR count). The topological polar surface area (TPSA) is 100 Å². The summed E-state index contributed by atoms with van der Waals surface area (Å²) in [5, 5.41) is 12.5. The molecule has 1 heterocycles. The van der Waals surface area contributed by atoms with Gasteiger partial charge in [-0.1, -0.05) is 13.0 Å². The fourth-order valence-electron chi connectivity index (χ4n) is 5.99. The van der Waals surface area contributed by atoms with Crippen molar-refractivity contribution in [2.45, 2.75) is 68.9 Å². The highest BCUT2D eigenvalue weighted by atomic mass is 19.4. The van der Waals surface area contributed by atoms with Gasteiger partial charge in [-0.3, -0.25) is 4.90 Å². The first-order valence-electron chi connectivity index (χ1n) is 13.8. The zero-order valence-electron chi connectivity index (χ0n) is 24.2. The number of likely N-dealkylation sites (tertiary alicyclic amines) is 1. The summed E-state index contributed by atoms with van der Waals surface area (Å²) < 4.78 is 95.4. The van der Waals surface area contributed by atoms with Crippen LogP contribution in [0.4, 0.5) is 41.2 Å². The van der Waals surface area contributed by atoms with Crippen LogP contribution < -0.4 is 20.1 Å². The number of carbonyl (C=O) groups is 2. The Morgan fingerprint density at radius 1 is 1.02 bits per heavy atom. The summed E-state index contributed by atoms with van der Waals surface area (Å²) in [5.74, 6) is -2.79. The van der Waals surface area contributed by atoms with Crippen LogP contribution >= 0.6 is 0 Å². The normalized spacial score (nSPS) is 21.9. The highest BCUT2D eigenvalue weighted by Gasteiger charge is 2.51. The summed E-state index contributed by atoms with van der Waals surface area (Å²) >= 11 is 0. The van der Waals surface area contributed by atoms with Crippen LogP contribution in [0.5, 0.6) is 11.5 Å². The number of alkyl halides is 6. The minimum absolute atomic E-state index is 0.0953. The molecule has 1 aliphatic carbocycles. The molecule has 2 aromatic carbocycles. The van der Waals surface area contributed by atoms with E-state index in [1.54, 1.807) is 14.2 Å². The average Bonchev–Trinajstić information content (AvgIpc) is 3.31. The largest absolute Gasteiger partial charge is 0.493 e. The number of carboxylic acid groups (broad SMARTS) is 1. The Morgan fingerprint density at radius 3 is 2.25 bits per heavy atom. The maximum atomic E-state index is 13.6. The quantitative estimate of drug-likeness (QED) is 0.296. The lowest BCUT2D eigenvalue weighted by atomic mass is 9.65. The molecule has 15 heteroatoms. The van der Waals surface area contributed by atoms with Gasteiger partial charge < -0.3 is 25.2 Å². The number of halogens is 7. The highest BCUT2D eigenvalue weighted by molar-refractivity contribution is 5.89. The van der Waals surface area contributed by atoms with E-state index in [-0.39, 0.29) is 23.2 Å². The molecule has 3 N–H and O–H groups in total. The molecule has 2 aliphatic rings. The number of amides is 2. The third-order valence-corrected chi connectivity index (χ3v) is 7.95. The Kier molecular flexibility index (Phi) is 11.0. The zero-order chi connectivity index (χ0) is 32.9. The molecule has 0 bridgehead atoms. The van der Waals surface area contributed by atoms with E-state index < -0.39 is 35.7 Å². The average molecular weight is 638 g/mol. The number of benzene rings is 2. The molecule has 2 amide bonds. The summed E-state index contributed by atoms with van der Waals surface area (Å²) in [7, 11) is 3.22. The maximum Gasteiger partial charge on any atom is 0.490 e. The number of nitrogens with zero attached hydrogens (tertiary/aromatic N) is 1. The Hall–Kier alpha value is -3.75. The van der Waals surface area contributed by atoms with Crippen molar-refractivity contribution >= 4 is 17.7 Å². The van der Waals surface area contributed by atoms with Gasteiger partial charge in [0.15, 0.2) is 11.5 Å². The molecule has 0 aromatic heterocycles. The van der Waals surface area contributed by atoms with Crippen molar-refractivity contribution in [1.29, 1.82) is 0 Å². The van der Waals surface area contributed by atoms with Crippen LogP contribution in [-0.2, 0) is 16.4 Å². The molecule has 0 radical (unpaired) electrons. The smallest absolute Gasteiger partial charge is 0.490 e. The molecule has 1 saturated carbocycles. The number of nitrogens with one attached hydrogen (secondary N) is 2. The first kappa shape index (κ1) is 34.7. The Morgan fingerprint density at radius 2 is 1.68 bits per heavy atom. The zero-order valence-corrected chi connectivity index (χ0v) is 24.2. The van der Waals surface area contributed by atoms with Gasteiger partial charge >= 0.3 is 24.4 Å². The fraction of sp³-hybridized carbons (Fsp3) is 0.517. The molecule has 0 spiro atoms. The van der Waals surface area contributed by atoms with Crippen LogP contribution in [0.3, 0.4) is 0 Å². The molecule has 2 fully saturated rings. The number of fused-ring (bicyclic) bond motifs is 1. The number of urea groups is 1. The van der Waals surface area contributed by atoms with Gasteiger partial charge in [-0.15, -0.1) is 0 Å². The Labute approximate surface area is 249 Å². The van der Waals surface area contributed by atoms with Gasteiger partial charge in [0.1, 0.15) is 5.82 Å². The summed E-state index contributed by atoms with van der Waals surface area (Å²) in [6.45, 7) is 4.02. The lowest BCUT2D eigenvalue weighted by Gasteiger charge is -2.45. The van der Waals surface area contributed by atoms with Crippen molar-refractivity contribution in [1.82, 2.24) is 10.2 Å². The number of carbonyl (C=O) groups excluding carboxylic acids is 1. The van der Waals surface area contributed by atoms with E-state index in [1.165, 1.54) is 5.56 Å². The minimum Gasteiger partial charge on any atom is -0.493 e. The number of ether oxygens (including phenoxy) is 2. The molecule has 8 nitrogen and oxygen atoms in total. The molecule has 1 saturated heterocycles. The second-order valence-electron chi connectivity index (χ2n) is 10.6. The van der Waals surface area contributed by atoms with E-state index in [2.05, 4.69) is 34.6 Å². The molecule has 3 atom stereocenters. The number of rotatable bonds is 7. The molecule has 1 aliphatic heterocycles. The number of aliphatic carboxylic acids is 1. The summed E-state index contributed by atoms with van der Waals surface area (Å²) in [4.78, 5) is 24.1. The van der Waals surface area contributed by atoms with E-state index in [1.807, 2.05) is 6.07 Å². The van der Waals surface area contributed by atoms with Crippen LogP contribution in [0, 0.1) is 5.82 Å². The van der Waals surface area contributed by atoms with Crippen molar-refractivity contribution in [3.8, 4) is 11.5 Å². The number of carboxylic acids is 1. The first-order valence-corrected chi connectivity index (χ1v) is 13.8. The summed E-state index contributed by atoms with van der Waals surface area (Å²) in [6.07, 6.45) is -5.67. The van der Waals surface area contributed by atoms with Crippen LogP contribution in [0.25, 0.3) is 0 Å². The molecule has 44 heavy (non-hydrogen) atoms. The summed E-state index contributed by atoms with van der Waals surface area (Å²) in [5.41, 5.74) is -0.441.